The van der Waals surface area contributed by atoms with Gasteiger partial charge in [0.2, 0.25) is 11.8 Å². The first-order valence-corrected chi connectivity index (χ1v) is 28.8. The summed E-state index contributed by atoms with van der Waals surface area (Å²) in [4.78, 5) is 32.1. The van der Waals surface area contributed by atoms with Crippen molar-refractivity contribution >= 4 is 59.9 Å². The van der Waals surface area contributed by atoms with Crippen molar-refractivity contribution in [3.63, 3.8) is 0 Å². The fourth-order valence-electron chi connectivity index (χ4n) is 8.12. The zero-order valence-electron chi connectivity index (χ0n) is 38.8. The summed E-state index contributed by atoms with van der Waals surface area (Å²) in [6, 6.07) is 37.5. The van der Waals surface area contributed by atoms with Crippen LogP contribution in [0.15, 0.2) is 126 Å². The van der Waals surface area contributed by atoms with Crippen molar-refractivity contribution in [1.29, 1.82) is 0 Å². The zero-order valence-corrected chi connectivity index (χ0v) is 43.2. The molecule has 8 rings (SSSR count). The summed E-state index contributed by atoms with van der Waals surface area (Å²) in [6.07, 6.45) is 0. The van der Waals surface area contributed by atoms with Crippen molar-refractivity contribution in [2.75, 3.05) is 24.0 Å². The van der Waals surface area contributed by atoms with Gasteiger partial charge in [0.15, 0.2) is 0 Å². The number of methoxy groups -OCH3 is 2. The van der Waals surface area contributed by atoms with Crippen LogP contribution in [0.1, 0.15) is 67.7 Å². The molecule has 0 spiro atoms. The Hall–Kier alpha value is -5.89. The van der Waals surface area contributed by atoms with Crippen molar-refractivity contribution in [2.45, 2.75) is 78.9 Å². The standard InChI is InChI=1S/C26H26N4O3.C26H28N2O3.2ClH.Sn/c1-16-10-11-20(13-22(16)33-15-19-8-6-5-7-9-19)25-24(28-29-27)26(31)30(25)21-12-17(2)18(3)23(14-21)32-4;1-16-10-11-20(13-22(16)31-15-19-8-6-5-7-9-19)25-24(27)26(29)28(25)21-12-17(2)18(3)23(14-21)30-4;;;/h5-14,24-25H,15H2,1-4H3;5-14,24-25H,15,27H2,1-4H3;2*1H;/q;;;;+2/p-2/t2*24-,25-;;;/m00.../s1. The molecule has 0 saturated carbocycles. The molecule has 2 aliphatic rings. The predicted octanol–water partition coefficient (Wildman–Crippen LogP) is 11.6. The molecule has 2 saturated heterocycles. The SMILES string of the molecule is COc1cc(N2C(=O)[C@@H](N)[C@@H]2c2ccc(C)c(OCc3ccccc3)c2)cc(C)c1C.COc1cc(N2C(=O)[C@@H](N=[N+]=[N-])[C@@H]2c2ccc(C)c(OCc3ccccc3)c2)cc(C)c1C.[Cl][Sn][Cl]. The van der Waals surface area contributed by atoms with Gasteiger partial charge in [-0.15, -0.1) is 0 Å². The molecule has 2 heterocycles. The minimum absolute atomic E-state index is 0.0948. The van der Waals surface area contributed by atoms with Gasteiger partial charge in [-0.3, -0.25) is 9.59 Å². The molecule has 2 aliphatic heterocycles. The van der Waals surface area contributed by atoms with Gasteiger partial charge in [-0.2, -0.15) is 0 Å². The molecule has 346 valence electrons. The van der Waals surface area contributed by atoms with Crippen LogP contribution < -0.4 is 34.5 Å². The number of hydrogen-bond donors (Lipinski definition) is 1. The summed E-state index contributed by atoms with van der Waals surface area (Å²) in [7, 11) is 13.1. The third-order valence-corrected chi connectivity index (χ3v) is 12.2. The molecule has 0 aliphatic carbocycles. The summed E-state index contributed by atoms with van der Waals surface area (Å²) >= 11 is -0.826. The average Bonchev–Trinajstić information content (AvgIpc) is 3.33. The van der Waals surface area contributed by atoms with E-state index in [0.29, 0.717) is 24.7 Å². The third-order valence-electron chi connectivity index (χ3n) is 12.2. The van der Waals surface area contributed by atoms with E-state index in [1.807, 2.05) is 163 Å². The van der Waals surface area contributed by atoms with Gasteiger partial charge in [-0.1, -0.05) is 90.0 Å². The summed E-state index contributed by atoms with van der Waals surface area (Å²) in [5, 5.41) is 3.79. The number of carbonyl (C=O) groups excluding carboxylic acids is 2. The van der Waals surface area contributed by atoms with E-state index in [0.717, 1.165) is 78.6 Å². The number of halogens is 2. The molecule has 0 unspecified atom stereocenters. The van der Waals surface area contributed by atoms with Crippen LogP contribution in [0.5, 0.6) is 23.0 Å². The maximum absolute atomic E-state index is 13.0. The van der Waals surface area contributed by atoms with Crippen LogP contribution in [0.3, 0.4) is 0 Å². The molecule has 67 heavy (non-hydrogen) atoms. The molecule has 6 aromatic rings. The number of carbonyl (C=O) groups is 2. The number of hydrogen-bond acceptors (Lipinski definition) is 8. The average molecular weight is 1050 g/mol. The predicted molar refractivity (Wildman–Crippen MR) is 268 cm³/mol. The van der Waals surface area contributed by atoms with Gasteiger partial charge in [0.1, 0.15) is 48.3 Å². The quantitative estimate of drug-likeness (QED) is 0.0397. The van der Waals surface area contributed by atoms with Crippen LogP contribution in [0.4, 0.5) is 11.4 Å². The van der Waals surface area contributed by atoms with Crippen LogP contribution in [-0.4, -0.2) is 57.0 Å². The van der Waals surface area contributed by atoms with E-state index in [-0.39, 0.29) is 17.9 Å². The van der Waals surface area contributed by atoms with E-state index in [2.05, 4.69) is 10.0 Å². The summed E-state index contributed by atoms with van der Waals surface area (Å²) in [5.41, 5.74) is 27.0. The Bertz CT molecular complexity index is 2760. The fraction of sp³-hybridized carbons (Fsp3) is 0.269. The van der Waals surface area contributed by atoms with Gasteiger partial charge in [-0.05, 0) is 127 Å². The third kappa shape index (κ3) is 11.5. The van der Waals surface area contributed by atoms with Gasteiger partial charge in [0.05, 0.1) is 26.3 Å². The van der Waals surface area contributed by atoms with E-state index in [4.69, 9.17) is 48.1 Å². The summed E-state index contributed by atoms with van der Waals surface area (Å²) < 4.78 is 23.2. The van der Waals surface area contributed by atoms with E-state index < -0.39 is 37.0 Å². The number of amides is 2. The fourth-order valence-corrected chi connectivity index (χ4v) is 8.12. The van der Waals surface area contributed by atoms with E-state index in [1.165, 1.54) is 0 Å². The van der Waals surface area contributed by atoms with Gasteiger partial charge >= 0.3 is 36.7 Å². The Kier molecular flexibility index (Phi) is 17.5. The van der Waals surface area contributed by atoms with E-state index >= 15 is 0 Å². The van der Waals surface area contributed by atoms with Gasteiger partial charge in [-0.25, -0.2) is 0 Å². The Labute approximate surface area is 410 Å². The normalized spacial score (nSPS) is 17.1. The first kappa shape index (κ1) is 50.5. The molecule has 12 nitrogen and oxygen atoms in total. The second kappa shape index (κ2) is 23.2. The van der Waals surface area contributed by atoms with E-state index in [1.54, 1.807) is 24.0 Å². The number of ether oxygens (including phenoxy) is 4. The minimum atomic E-state index is -0.826. The second-order valence-corrected chi connectivity index (χ2v) is 20.6. The number of azide groups is 1. The molecular weight excluding hydrogens is 994 g/mol. The number of nitrogens with zero attached hydrogens (tertiary/aromatic N) is 5. The number of rotatable bonds is 13. The summed E-state index contributed by atoms with van der Waals surface area (Å²) in [6.45, 7) is 12.9. The maximum atomic E-state index is 13.0. The van der Waals surface area contributed by atoms with E-state index in [9.17, 15) is 9.59 Å². The topological polar surface area (TPSA) is 152 Å². The van der Waals surface area contributed by atoms with Crippen molar-refractivity contribution in [3.8, 4) is 23.0 Å². The Morgan fingerprint density at radius 1 is 0.597 bits per heavy atom. The molecule has 2 N–H and O–H groups in total. The van der Waals surface area contributed by atoms with Crippen molar-refractivity contribution < 1.29 is 28.5 Å². The molecule has 0 aromatic heterocycles. The molecule has 2 fully saturated rings. The molecular formula is C52H54Cl2N6O6Sn. The molecule has 2 radical (unpaired) electrons. The number of aryl methyl sites for hydroxylation is 4. The van der Waals surface area contributed by atoms with Crippen molar-refractivity contribution in [3.05, 3.63) is 187 Å². The van der Waals surface area contributed by atoms with Crippen LogP contribution in [-0.2, 0) is 22.8 Å². The summed E-state index contributed by atoms with van der Waals surface area (Å²) in [5.74, 6) is 2.66. The zero-order chi connectivity index (χ0) is 48.4. The van der Waals surface area contributed by atoms with Crippen LogP contribution in [0.2, 0.25) is 0 Å². The first-order chi connectivity index (χ1) is 32.3. The van der Waals surface area contributed by atoms with Crippen LogP contribution in [0, 0.1) is 41.5 Å². The van der Waals surface area contributed by atoms with Crippen LogP contribution in [0.25, 0.3) is 10.4 Å². The van der Waals surface area contributed by atoms with Crippen LogP contribution >= 0.6 is 17.8 Å². The molecule has 4 atom stereocenters. The molecule has 0 bridgehead atoms. The monoisotopic (exact) mass is 1050 g/mol. The number of nitrogens with two attached hydrogens (primary N) is 1. The van der Waals surface area contributed by atoms with Crippen molar-refractivity contribution in [1.82, 2.24) is 0 Å². The number of benzene rings is 6. The van der Waals surface area contributed by atoms with Gasteiger partial charge in [0.25, 0.3) is 0 Å². The van der Waals surface area contributed by atoms with Crippen molar-refractivity contribution in [2.24, 2.45) is 10.8 Å². The number of anilines is 2. The first-order valence-electron chi connectivity index (χ1n) is 21.5. The Morgan fingerprint density at radius 2 is 1.01 bits per heavy atom. The second-order valence-electron chi connectivity index (χ2n) is 16.3. The van der Waals surface area contributed by atoms with Gasteiger partial charge < -0.3 is 34.5 Å². The number of β-lactam (4-membered cyclic amide) rings is 2. The molecule has 6 aromatic carbocycles. The van der Waals surface area contributed by atoms with Gasteiger partial charge in [0, 0.05) is 28.4 Å². The Balaban J connectivity index is 0.000000209. The Morgan fingerprint density at radius 3 is 1.43 bits per heavy atom. The molecule has 15 heteroatoms. The molecule has 2 amide bonds.